The molecule has 1 rings (SSSR count). The van der Waals surface area contributed by atoms with Crippen molar-refractivity contribution in [2.75, 3.05) is 30.5 Å². The molecule has 0 spiro atoms. The number of rotatable bonds is 6. The van der Waals surface area contributed by atoms with Crippen LogP contribution in [0, 0.1) is 5.82 Å². The Morgan fingerprint density at radius 3 is 2.76 bits per heavy atom. The van der Waals surface area contributed by atoms with Crippen LogP contribution in [-0.4, -0.2) is 30.6 Å². The molecule has 0 saturated heterocycles. The molecule has 0 aliphatic carbocycles. The lowest BCUT2D eigenvalue weighted by atomic mass is 10.2. The van der Waals surface area contributed by atoms with Crippen molar-refractivity contribution >= 4 is 34.7 Å². The van der Waals surface area contributed by atoms with Gasteiger partial charge in [-0.2, -0.15) is 11.8 Å². The fourth-order valence-electron chi connectivity index (χ4n) is 1.52. The molecule has 0 aromatic heterocycles. The van der Waals surface area contributed by atoms with Crippen LogP contribution in [-0.2, 0) is 0 Å². The molecule has 0 fully saturated rings. The summed E-state index contributed by atoms with van der Waals surface area (Å²) in [6.45, 7) is 0.909. The molecular formula is C12H17FN2S2. The van der Waals surface area contributed by atoms with Gasteiger partial charge in [0.1, 0.15) is 10.8 Å². The second-order valence-electron chi connectivity index (χ2n) is 3.80. The van der Waals surface area contributed by atoms with Crippen molar-refractivity contribution in [1.82, 2.24) is 0 Å². The molecule has 0 radical (unpaired) electrons. The molecule has 0 saturated carbocycles. The molecule has 17 heavy (non-hydrogen) atoms. The Balaban J connectivity index is 2.72. The Hall–Kier alpha value is -0.810. The second kappa shape index (κ2) is 6.81. The van der Waals surface area contributed by atoms with Crippen LogP contribution in [0.15, 0.2) is 18.2 Å². The van der Waals surface area contributed by atoms with Gasteiger partial charge in [-0.15, -0.1) is 0 Å². The van der Waals surface area contributed by atoms with E-state index in [1.807, 2.05) is 29.8 Å². The van der Waals surface area contributed by atoms with Gasteiger partial charge in [0.25, 0.3) is 0 Å². The minimum absolute atomic E-state index is 0.0964. The number of nitrogens with two attached hydrogens (primary N) is 1. The number of thioether (sulfide) groups is 1. The van der Waals surface area contributed by atoms with Crippen LogP contribution in [0.25, 0.3) is 0 Å². The van der Waals surface area contributed by atoms with Crippen molar-refractivity contribution in [2.45, 2.75) is 6.42 Å². The summed E-state index contributed by atoms with van der Waals surface area (Å²) in [5, 5.41) is 0. The molecule has 0 aliphatic heterocycles. The lowest BCUT2D eigenvalue weighted by Crippen LogP contribution is -2.20. The number of anilines is 1. The van der Waals surface area contributed by atoms with Gasteiger partial charge in [-0.05, 0) is 36.6 Å². The fraction of sp³-hybridized carbons (Fsp3) is 0.417. The lowest BCUT2D eigenvalue weighted by Gasteiger charge is -2.19. The highest BCUT2D eigenvalue weighted by Crippen LogP contribution is 2.18. The maximum atomic E-state index is 13.7. The third-order valence-electron chi connectivity index (χ3n) is 2.50. The van der Waals surface area contributed by atoms with E-state index < -0.39 is 0 Å². The van der Waals surface area contributed by atoms with E-state index in [0.717, 1.165) is 24.4 Å². The Bertz CT molecular complexity index is 396. The molecule has 0 amide bonds. The summed E-state index contributed by atoms with van der Waals surface area (Å²) in [4.78, 5) is 2.13. The van der Waals surface area contributed by atoms with E-state index in [2.05, 4.69) is 6.26 Å². The Morgan fingerprint density at radius 1 is 1.53 bits per heavy atom. The first kappa shape index (κ1) is 14.3. The molecule has 0 heterocycles. The van der Waals surface area contributed by atoms with Gasteiger partial charge in [0.2, 0.25) is 0 Å². The van der Waals surface area contributed by atoms with Gasteiger partial charge in [-0.1, -0.05) is 12.2 Å². The van der Waals surface area contributed by atoms with Crippen molar-refractivity contribution in [3.8, 4) is 0 Å². The Labute approximate surface area is 111 Å². The molecule has 2 N–H and O–H groups in total. The zero-order valence-electron chi connectivity index (χ0n) is 10.1. The van der Waals surface area contributed by atoms with Gasteiger partial charge >= 0.3 is 0 Å². The molecule has 2 nitrogen and oxygen atoms in total. The Morgan fingerprint density at radius 2 is 2.24 bits per heavy atom. The molecule has 0 bridgehead atoms. The summed E-state index contributed by atoms with van der Waals surface area (Å²) in [6.07, 6.45) is 3.16. The summed E-state index contributed by atoms with van der Waals surface area (Å²) in [5.74, 6) is 0.754. The zero-order valence-corrected chi connectivity index (χ0v) is 11.7. The van der Waals surface area contributed by atoms with Crippen molar-refractivity contribution in [3.05, 3.63) is 29.6 Å². The van der Waals surface area contributed by atoms with Crippen LogP contribution in [0.1, 0.15) is 12.0 Å². The van der Waals surface area contributed by atoms with E-state index in [9.17, 15) is 4.39 Å². The summed E-state index contributed by atoms with van der Waals surface area (Å²) in [6, 6.07) is 4.96. The molecule has 1 aromatic rings. The van der Waals surface area contributed by atoms with E-state index in [4.69, 9.17) is 18.0 Å². The third kappa shape index (κ3) is 4.16. The predicted molar refractivity (Wildman–Crippen MR) is 78.6 cm³/mol. The van der Waals surface area contributed by atoms with E-state index in [-0.39, 0.29) is 10.8 Å². The zero-order chi connectivity index (χ0) is 12.8. The van der Waals surface area contributed by atoms with Gasteiger partial charge in [0.15, 0.2) is 0 Å². The maximum Gasteiger partial charge on any atom is 0.135 e. The third-order valence-corrected chi connectivity index (χ3v) is 3.42. The van der Waals surface area contributed by atoms with Gasteiger partial charge in [0, 0.05) is 24.8 Å². The second-order valence-corrected chi connectivity index (χ2v) is 5.22. The van der Waals surface area contributed by atoms with Crippen LogP contribution < -0.4 is 10.6 Å². The van der Waals surface area contributed by atoms with Crippen molar-refractivity contribution in [1.29, 1.82) is 0 Å². The summed E-state index contributed by atoms with van der Waals surface area (Å²) in [7, 11) is 1.95. The standard InChI is InChI=1S/C12H17FN2S2/c1-15(6-3-7-17-2)9-4-5-10(12(14)16)11(13)8-9/h4-5,8H,3,6-7H2,1-2H3,(H2,14,16). The largest absolute Gasteiger partial charge is 0.389 e. The average molecular weight is 272 g/mol. The van der Waals surface area contributed by atoms with E-state index in [0.29, 0.717) is 5.56 Å². The summed E-state index contributed by atoms with van der Waals surface area (Å²) < 4.78 is 13.7. The fourth-order valence-corrected chi connectivity index (χ4v) is 2.10. The van der Waals surface area contributed by atoms with Crippen LogP contribution >= 0.6 is 24.0 Å². The van der Waals surface area contributed by atoms with Crippen molar-refractivity contribution in [2.24, 2.45) is 5.73 Å². The first-order valence-electron chi connectivity index (χ1n) is 5.35. The molecule has 5 heteroatoms. The summed E-state index contributed by atoms with van der Waals surface area (Å²) >= 11 is 6.58. The van der Waals surface area contributed by atoms with Gasteiger partial charge in [-0.3, -0.25) is 0 Å². The number of benzene rings is 1. The lowest BCUT2D eigenvalue weighted by molar-refractivity contribution is 0.624. The minimum atomic E-state index is -0.355. The molecule has 0 aliphatic rings. The minimum Gasteiger partial charge on any atom is -0.389 e. The number of thiocarbonyl (C=S) groups is 1. The monoisotopic (exact) mass is 272 g/mol. The number of hydrogen-bond acceptors (Lipinski definition) is 3. The van der Waals surface area contributed by atoms with Crippen LogP contribution in [0.2, 0.25) is 0 Å². The van der Waals surface area contributed by atoms with Gasteiger partial charge < -0.3 is 10.6 Å². The molecule has 0 atom stereocenters. The van der Waals surface area contributed by atoms with Crippen molar-refractivity contribution in [3.63, 3.8) is 0 Å². The van der Waals surface area contributed by atoms with Crippen molar-refractivity contribution < 1.29 is 4.39 Å². The quantitative estimate of drug-likeness (QED) is 0.637. The normalized spacial score (nSPS) is 10.3. The van der Waals surface area contributed by atoms with Crippen LogP contribution in [0.5, 0.6) is 0 Å². The topological polar surface area (TPSA) is 29.3 Å². The van der Waals surface area contributed by atoms with E-state index >= 15 is 0 Å². The molecule has 1 aromatic carbocycles. The van der Waals surface area contributed by atoms with Crippen LogP contribution in [0.3, 0.4) is 0 Å². The first-order valence-corrected chi connectivity index (χ1v) is 7.16. The predicted octanol–water partition coefficient (Wildman–Crippen LogP) is 2.65. The molecule has 94 valence electrons. The van der Waals surface area contributed by atoms with Crippen LogP contribution in [0.4, 0.5) is 10.1 Å². The van der Waals surface area contributed by atoms with E-state index in [1.54, 1.807) is 6.07 Å². The highest BCUT2D eigenvalue weighted by molar-refractivity contribution is 7.98. The highest BCUT2D eigenvalue weighted by Gasteiger charge is 2.08. The van der Waals surface area contributed by atoms with E-state index in [1.165, 1.54) is 6.07 Å². The van der Waals surface area contributed by atoms with Gasteiger partial charge in [0.05, 0.1) is 0 Å². The highest BCUT2D eigenvalue weighted by atomic mass is 32.2. The number of halogens is 1. The first-order chi connectivity index (χ1) is 8.06. The summed E-state index contributed by atoms with van der Waals surface area (Å²) in [5.41, 5.74) is 6.57. The Kier molecular flexibility index (Phi) is 5.71. The molecule has 0 unspecified atom stereocenters. The smallest absolute Gasteiger partial charge is 0.135 e. The maximum absolute atomic E-state index is 13.7. The number of hydrogen-bond donors (Lipinski definition) is 1. The molecular weight excluding hydrogens is 255 g/mol. The number of nitrogens with zero attached hydrogens (tertiary/aromatic N) is 1. The average Bonchev–Trinajstić information content (AvgIpc) is 2.28. The van der Waals surface area contributed by atoms with Gasteiger partial charge in [-0.25, -0.2) is 4.39 Å². The SMILES string of the molecule is CSCCCN(C)c1ccc(C(N)=S)c(F)c1.